The summed E-state index contributed by atoms with van der Waals surface area (Å²) in [5.74, 6) is -1.20. The number of thiazole rings is 1. The van der Waals surface area contributed by atoms with Gasteiger partial charge in [0.1, 0.15) is 24.7 Å². The quantitative estimate of drug-likeness (QED) is 0.164. The third-order valence-corrected chi connectivity index (χ3v) is 10.4. The molecule has 0 spiro atoms. The molecule has 0 saturated carbocycles. The first-order valence-electron chi connectivity index (χ1n) is 12.7. The number of aliphatic hydroxyl groups excluding tert-OH is 1. The van der Waals surface area contributed by atoms with Crippen LogP contribution in [0.3, 0.4) is 0 Å². The van der Waals surface area contributed by atoms with Gasteiger partial charge in [-0.3, -0.25) is 4.79 Å². The first-order valence-corrected chi connectivity index (χ1v) is 14.4. The molecule has 5 rings (SSSR count). The molecule has 212 valence electrons. The maximum absolute atomic E-state index is 13.0. The summed E-state index contributed by atoms with van der Waals surface area (Å²) in [5, 5.41) is 20.1. The number of imidazole rings is 1. The number of carbonyl (C=O) groups excluding carboxylic acids is 2. The van der Waals surface area contributed by atoms with Gasteiger partial charge in [0.15, 0.2) is 0 Å². The number of carboxylic acids is 1. The Balaban J connectivity index is 0.00000353. The van der Waals surface area contributed by atoms with Gasteiger partial charge in [-0.1, -0.05) is 30.9 Å². The number of nitrogens with zero attached hydrogens (tertiary/aromatic N) is 4. The SMILES string of the molecule is C=CCOC(=O)N1C[C@@H](SC2=C(C(=O)O)N3C(=O)[C@H]([C@@H](C)O)[C@H]3[C@H]2C)C[C@H]1Cc1cn2c(C)[n+](C)cc2s1.[I-]. The molecular weight excluding hydrogens is 655 g/mol. The lowest BCUT2D eigenvalue weighted by Gasteiger charge is -2.46. The summed E-state index contributed by atoms with van der Waals surface area (Å²) < 4.78 is 9.60. The molecule has 0 unspecified atom stereocenters. The average molecular weight is 689 g/mol. The Morgan fingerprint density at radius 2 is 2.13 bits per heavy atom. The van der Waals surface area contributed by atoms with Crippen molar-refractivity contribution in [3.05, 3.63) is 46.4 Å². The number of thioether (sulfide) groups is 1. The monoisotopic (exact) mass is 688 g/mol. The normalized spacial score (nSPS) is 26.9. The smallest absolute Gasteiger partial charge is 0.410 e. The van der Waals surface area contributed by atoms with Gasteiger partial charge in [-0.2, -0.15) is 4.40 Å². The van der Waals surface area contributed by atoms with Crippen LogP contribution in [-0.2, 0) is 27.8 Å². The number of rotatable bonds is 8. The Hall–Kier alpha value is -2.10. The number of aryl methyl sites for hydroxylation is 2. The van der Waals surface area contributed by atoms with E-state index in [1.165, 1.54) is 22.7 Å². The average Bonchev–Trinajstić information content (AvgIpc) is 3.56. The molecule has 0 aromatic carbocycles. The number of halogens is 1. The maximum Gasteiger partial charge on any atom is 0.410 e. The fourth-order valence-corrected chi connectivity index (χ4v) is 8.72. The number of aliphatic hydroxyl groups is 1. The largest absolute Gasteiger partial charge is 1.00 e. The molecule has 2 N–H and O–H groups in total. The molecular formula is C26H33IN4O6S2. The number of hydrogen-bond acceptors (Lipinski definition) is 7. The van der Waals surface area contributed by atoms with Crippen molar-refractivity contribution in [1.29, 1.82) is 0 Å². The molecule has 2 aromatic heterocycles. The van der Waals surface area contributed by atoms with E-state index in [9.17, 15) is 24.6 Å². The molecule has 0 radical (unpaired) electrons. The van der Waals surface area contributed by atoms with Gasteiger partial charge in [0.05, 0.1) is 30.0 Å². The molecule has 13 heteroatoms. The highest BCUT2D eigenvalue weighted by atomic mass is 127. The summed E-state index contributed by atoms with van der Waals surface area (Å²) >= 11 is 3.13. The molecule has 2 aromatic rings. The Bertz CT molecular complexity index is 1350. The van der Waals surface area contributed by atoms with Crippen molar-refractivity contribution in [3.63, 3.8) is 0 Å². The van der Waals surface area contributed by atoms with Crippen molar-refractivity contribution < 1.29 is 57.9 Å². The van der Waals surface area contributed by atoms with Crippen LogP contribution in [0.5, 0.6) is 0 Å². The summed E-state index contributed by atoms with van der Waals surface area (Å²) in [7, 11) is 2.01. The zero-order valence-electron chi connectivity index (χ0n) is 22.2. The maximum atomic E-state index is 13.0. The number of ether oxygens (including phenoxy) is 1. The number of likely N-dealkylation sites (tertiary alicyclic amines) is 1. The Morgan fingerprint density at radius 1 is 1.41 bits per heavy atom. The van der Waals surface area contributed by atoms with E-state index in [2.05, 4.69) is 34.9 Å². The van der Waals surface area contributed by atoms with Crippen molar-refractivity contribution in [2.75, 3.05) is 13.2 Å². The van der Waals surface area contributed by atoms with Gasteiger partial charge in [0.2, 0.25) is 10.7 Å². The van der Waals surface area contributed by atoms with Gasteiger partial charge in [-0.05, 0) is 13.3 Å². The molecule has 3 aliphatic heterocycles. The zero-order valence-corrected chi connectivity index (χ0v) is 26.0. The lowest BCUT2D eigenvalue weighted by Crippen LogP contribution is -3.00. The van der Waals surface area contributed by atoms with Crippen LogP contribution < -0.4 is 28.5 Å². The van der Waals surface area contributed by atoms with Gasteiger partial charge in [-0.25, -0.2) is 14.2 Å². The predicted molar refractivity (Wildman–Crippen MR) is 143 cm³/mol. The lowest BCUT2D eigenvalue weighted by atomic mass is 9.79. The molecule has 0 bridgehead atoms. The van der Waals surface area contributed by atoms with Crippen LogP contribution in [0.15, 0.2) is 35.7 Å². The predicted octanol–water partition coefficient (Wildman–Crippen LogP) is -0.667. The molecule has 0 aliphatic carbocycles. The van der Waals surface area contributed by atoms with Crippen molar-refractivity contribution in [1.82, 2.24) is 14.2 Å². The Morgan fingerprint density at radius 3 is 2.74 bits per heavy atom. The van der Waals surface area contributed by atoms with Crippen LogP contribution in [0.2, 0.25) is 0 Å². The highest BCUT2D eigenvalue weighted by Gasteiger charge is 2.60. The minimum absolute atomic E-state index is 0. The molecule has 6 atom stereocenters. The number of carbonyl (C=O) groups is 3. The van der Waals surface area contributed by atoms with Crippen molar-refractivity contribution >= 4 is 45.9 Å². The summed E-state index contributed by atoms with van der Waals surface area (Å²) in [4.78, 5) is 43.9. The minimum Gasteiger partial charge on any atom is -1.00 e. The summed E-state index contributed by atoms with van der Waals surface area (Å²) in [6, 6.07) is -0.474. The van der Waals surface area contributed by atoms with E-state index in [-0.39, 0.29) is 65.4 Å². The second-order valence-corrected chi connectivity index (χ2v) is 12.8. The van der Waals surface area contributed by atoms with Crippen LogP contribution in [0.1, 0.15) is 31.0 Å². The molecule has 3 aliphatic rings. The van der Waals surface area contributed by atoms with Crippen LogP contribution >= 0.6 is 23.1 Å². The van der Waals surface area contributed by atoms with E-state index in [0.29, 0.717) is 24.3 Å². The number of aliphatic carboxylic acids is 1. The Labute approximate surface area is 252 Å². The molecule has 2 saturated heterocycles. The zero-order chi connectivity index (χ0) is 27.5. The summed E-state index contributed by atoms with van der Waals surface area (Å²) in [6.07, 6.45) is 5.79. The number of carboxylic acid groups (broad SMARTS) is 1. The number of hydrogen-bond donors (Lipinski definition) is 2. The highest BCUT2D eigenvalue weighted by Crippen LogP contribution is 2.52. The van der Waals surface area contributed by atoms with E-state index in [4.69, 9.17) is 4.74 Å². The fourth-order valence-electron chi connectivity index (χ4n) is 5.96. The minimum atomic E-state index is -1.14. The third-order valence-electron chi connectivity index (χ3n) is 7.89. The van der Waals surface area contributed by atoms with E-state index in [0.717, 1.165) is 15.5 Å². The van der Waals surface area contributed by atoms with Crippen molar-refractivity contribution in [3.8, 4) is 0 Å². The number of β-lactam (4-membered cyclic amide) rings is 1. The lowest BCUT2D eigenvalue weighted by molar-refractivity contribution is -0.676. The summed E-state index contributed by atoms with van der Waals surface area (Å²) in [6.45, 7) is 9.68. The number of fused-ring (bicyclic) bond motifs is 2. The first kappa shape index (κ1) is 29.9. The summed E-state index contributed by atoms with van der Waals surface area (Å²) in [5.41, 5.74) is 0.00962. The molecule has 2 amide bonds. The van der Waals surface area contributed by atoms with E-state index >= 15 is 0 Å². The Kier molecular flexibility index (Phi) is 8.74. The molecule has 39 heavy (non-hydrogen) atoms. The van der Waals surface area contributed by atoms with Gasteiger partial charge in [0, 0.05) is 42.0 Å². The highest BCUT2D eigenvalue weighted by molar-refractivity contribution is 8.03. The van der Waals surface area contributed by atoms with E-state index in [1.54, 1.807) is 23.2 Å². The van der Waals surface area contributed by atoms with E-state index in [1.807, 2.05) is 14.0 Å². The van der Waals surface area contributed by atoms with Crippen LogP contribution in [0, 0.1) is 18.8 Å². The van der Waals surface area contributed by atoms with Gasteiger partial charge in [0.25, 0.3) is 5.82 Å². The second-order valence-electron chi connectivity index (χ2n) is 10.3. The molecule has 2 fully saturated rings. The fraction of sp³-hybridized carbons (Fsp3) is 0.538. The van der Waals surface area contributed by atoms with E-state index < -0.39 is 24.1 Å². The van der Waals surface area contributed by atoms with Crippen molar-refractivity contribution in [2.45, 2.75) is 57.1 Å². The molecule has 10 nitrogen and oxygen atoms in total. The molecule has 5 heterocycles. The first-order chi connectivity index (χ1) is 18.0. The number of amides is 2. The standard InChI is InChI=1S/C26H32N4O6S2.HI/c1-6-7-36-26(35)29-11-18(9-16(29)8-17-10-28-15(4)27(5)12-19(28)37-17)38-23-13(2)21-20(14(3)31)24(32)30(21)22(23)25(33)34;/h6,10,12-14,16,18,20-21,31H,1,7-9,11H2,2-5H3;1H/t13-,14-,16-,18+,20-,21-;/m1./s1. The van der Waals surface area contributed by atoms with Crippen LogP contribution in [-0.4, -0.2) is 79.0 Å². The van der Waals surface area contributed by atoms with Crippen LogP contribution in [0.4, 0.5) is 4.79 Å². The van der Waals surface area contributed by atoms with Gasteiger partial charge < -0.3 is 48.7 Å². The topological polar surface area (TPSA) is 116 Å². The third kappa shape index (κ3) is 5.10. The van der Waals surface area contributed by atoms with Crippen molar-refractivity contribution in [2.24, 2.45) is 18.9 Å². The van der Waals surface area contributed by atoms with Gasteiger partial charge in [-0.15, -0.1) is 11.8 Å². The number of aromatic nitrogens is 2. The van der Waals surface area contributed by atoms with Crippen LogP contribution in [0.25, 0.3) is 4.83 Å². The second kappa shape index (κ2) is 11.4. The van der Waals surface area contributed by atoms with Gasteiger partial charge >= 0.3 is 12.1 Å².